The summed E-state index contributed by atoms with van der Waals surface area (Å²) in [4.78, 5) is 6.86. The molecule has 1 aromatic carbocycles. The average Bonchev–Trinajstić information content (AvgIpc) is 2.65. The summed E-state index contributed by atoms with van der Waals surface area (Å²) in [7, 11) is 0. The molecule has 0 N–H and O–H groups in total. The molecule has 1 unspecified atom stereocenters. The molecule has 118 valence electrons. The van der Waals surface area contributed by atoms with Crippen LogP contribution in [0.1, 0.15) is 17.7 Å². The van der Waals surface area contributed by atoms with Gasteiger partial charge in [-0.2, -0.15) is 5.26 Å². The number of hydrogen-bond acceptors (Lipinski definition) is 4. The maximum Gasteiger partial charge on any atom is 0.125 e. The molecular formula is C19H21N3O. The Bertz CT molecular complexity index is 606. The smallest absolute Gasteiger partial charge is 0.125 e. The van der Waals surface area contributed by atoms with Crippen molar-refractivity contribution in [2.45, 2.75) is 11.8 Å². The number of hydrogen-bond donors (Lipinski definition) is 0. The minimum Gasteiger partial charge on any atom is -0.379 e. The van der Waals surface area contributed by atoms with E-state index in [1.807, 2.05) is 48.5 Å². The Morgan fingerprint density at radius 1 is 1.09 bits per heavy atom. The Kier molecular flexibility index (Phi) is 5.02. The highest BCUT2D eigenvalue weighted by Crippen LogP contribution is 2.34. The van der Waals surface area contributed by atoms with Crippen LogP contribution in [0.5, 0.6) is 0 Å². The van der Waals surface area contributed by atoms with E-state index in [4.69, 9.17) is 4.74 Å². The lowest BCUT2D eigenvalue weighted by molar-refractivity contribution is 0.0360. The van der Waals surface area contributed by atoms with Gasteiger partial charge in [0.15, 0.2) is 0 Å². The van der Waals surface area contributed by atoms with Gasteiger partial charge in [0.1, 0.15) is 5.41 Å². The summed E-state index contributed by atoms with van der Waals surface area (Å²) in [6, 6.07) is 18.4. The predicted octanol–water partition coefficient (Wildman–Crippen LogP) is 2.61. The first kappa shape index (κ1) is 15.7. The van der Waals surface area contributed by atoms with Crippen molar-refractivity contribution >= 4 is 0 Å². The van der Waals surface area contributed by atoms with Crippen molar-refractivity contribution in [1.29, 1.82) is 5.26 Å². The van der Waals surface area contributed by atoms with E-state index in [1.165, 1.54) is 0 Å². The van der Waals surface area contributed by atoms with E-state index in [9.17, 15) is 5.26 Å². The zero-order chi connectivity index (χ0) is 16.0. The van der Waals surface area contributed by atoms with E-state index in [-0.39, 0.29) is 0 Å². The Morgan fingerprint density at radius 3 is 2.48 bits per heavy atom. The summed E-state index contributed by atoms with van der Waals surface area (Å²) in [5, 5.41) is 10.1. The van der Waals surface area contributed by atoms with Gasteiger partial charge in [0.25, 0.3) is 0 Å². The highest BCUT2D eigenvalue weighted by atomic mass is 16.5. The second-order valence-corrected chi connectivity index (χ2v) is 5.80. The number of nitrogens with zero attached hydrogens (tertiary/aromatic N) is 3. The SMILES string of the molecule is N#CC(CCN1CCOCC1)(c1ccccc1)c1ccccn1. The molecule has 0 amide bonds. The third kappa shape index (κ3) is 3.42. The fourth-order valence-corrected chi connectivity index (χ4v) is 3.09. The molecule has 2 heterocycles. The van der Waals surface area contributed by atoms with Crippen LogP contribution in [0, 0.1) is 11.3 Å². The van der Waals surface area contributed by atoms with Crippen LogP contribution in [0.2, 0.25) is 0 Å². The van der Waals surface area contributed by atoms with Gasteiger partial charge in [-0.05, 0) is 24.1 Å². The van der Waals surface area contributed by atoms with E-state index in [1.54, 1.807) is 6.20 Å². The van der Waals surface area contributed by atoms with Crippen LogP contribution in [-0.2, 0) is 10.2 Å². The summed E-state index contributed by atoms with van der Waals surface area (Å²) < 4.78 is 5.41. The van der Waals surface area contributed by atoms with Gasteiger partial charge in [0.05, 0.1) is 25.0 Å². The molecule has 1 aliphatic heterocycles. The van der Waals surface area contributed by atoms with Crippen LogP contribution in [-0.4, -0.2) is 42.7 Å². The molecule has 4 heteroatoms. The van der Waals surface area contributed by atoms with Gasteiger partial charge in [-0.15, -0.1) is 0 Å². The van der Waals surface area contributed by atoms with Gasteiger partial charge in [-0.3, -0.25) is 9.88 Å². The van der Waals surface area contributed by atoms with Crippen LogP contribution in [0.4, 0.5) is 0 Å². The second-order valence-electron chi connectivity index (χ2n) is 5.80. The van der Waals surface area contributed by atoms with E-state index < -0.39 is 5.41 Å². The van der Waals surface area contributed by atoms with Crippen molar-refractivity contribution in [3.05, 3.63) is 66.0 Å². The van der Waals surface area contributed by atoms with Crippen molar-refractivity contribution in [2.75, 3.05) is 32.8 Å². The maximum atomic E-state index is 10.1. The molecule has 0 spiro atoms. The maximum absolute atomic E-state index is 10.1. The average molecular weight is 307 g/mol. The zero-order valence-electron chi connectivity index (χ0n) is 13.2. The molecule has 0 aliphatic carbocycles. The molecule has 2 aromatic rings. The molecule has 1 saturated heterocycles. The number of morpholine rings is 1. The first-order chi connectivity index (χ1) is 11.3. The minimum absolute atomic E-state index is 0.708. The lowest BCUT2D eigenvalue weighted by Gasteiger charge is -2.32. The van der Waals surface area contributed by atoms with Crippen LogP contribution in [0.15, 0.2) is 54.7 Å². The van der Waals surface area contributed by atoms with Crippen molar-refractivity contribution in [3.63, 3.8) is 0 Å². The Labute approximate surface area is 137 Å². The first-order valence-electron chi connectivity index (χ1n) is 8.03. The molecule has 4 nitrogen and oxygen atoms in total. The fourth-order valence-electron chi connectivity index (χ4n) is 3.09. The lowest BCUT2D eigenvalue weighted by atomic mass is 9.75. The zero-order valence-corrected chi connectivity index (χ0v) is 13.2. The minimum atomic E-state index is -0.708. The number of nitriles is 1. The molecule has 0 saturated carbocycles. The summed E-state index contributed by atoms with van der Waals surface area (Å²) >= 11 is 0. The van der Waals surface area contributed by atoms with E-state index in [2.05, 4.69) is 16.0 Å². The molecule has 0 bridgehead atoms. The normalized spacial score (nSPS) is 18.0. The van der Waals surface area contributed by atoms with Gasteiger partial charge in [0.2, 0.25) is 0 Å². The Balaban J connectivity index is 1.91. The molecule has 23 heavy (non-hydrogen) atoms. The standard InChI is InChI=1S/C19H21N3O/c20-16-19(17-6-2-1-3-7-17,18-8-4-5-10-21-18)9-11-22-12-14-23-15-13-22/h1-8,10H,9,11-15H2. The van der Waals surface area contributed by atoms with Crippen molar-refractivity contribution in [2.24, 2.45) is 0 Å². The number of aromatic nitrogens is 1. The summed E-state index contributed by atoms with van der Waals surface area (Å²) in [6.07, 6.45) is 2.49. The molecular weight excluding hydrogens is 286 g/mol. The molecule has 1 atom stereocenters. The van der Waals surface area contributed by atoms with E-state index >= 15 is 0 Å². The van der Waals surface area contributed by atoms with Gasteiger partial charge in [-0.25, -0.2) is 0 Å². The van der Waals surface area contributed by atoms with E-state index in [0.29, 0.717) is 0 Å². The molecule has 0 radical (unpaired) electrons. The number of pyridine rings is 1. The fraction of sp³-hybridized carbons (Fsp3) is 0.368. The van der Waals surface area contributed by atoms with Gasteiger partial charge in [-0.1, -0.05) is 36.4 Å². The highest BCUT2D eigenvalue weighted by Gasteiger charge is 2.36. The summed E-state index contributed by atoms with van der Waals surface area (Å²) in [6.45, 7) is 4.27. The highest BCUT2D eigenvalue weighted by molar-refractivity contribution is 5.42. The van der Waals surface area contributed by atoms with Crippen molar-refractivity contribution < 1.29 is 4.74 Å². The quantitative estimate of drug-likeness (QED) is 0.852. The topological polar surface area (TPSA) is 49.2 Å². The molecule has 3 rings (SSSR count). The van der Waals surface area contributed by atoms with Crippen molar-refractivity contribution in [1.82, 2.24) is 9.88 Å². The largest absolute Gasteiger partial charge is 0.379 e. The predicted molar refractivity (Wildman–Crippen MR) is 88.9 cm³/mol. The Morgan fingerprint density at radius 2 is 1.83 bits per heavy atom. The van der Waals surface area contributed by atoms with Crippen molar-refractivity contribution in [3.8, 4) is 6.07 Å². The number of rotatable bonds is 5. The number of ether oxygens (including phenoxy) is 1. The van der Waals surface area contributed by atoms with Gasteiger partial charge in [0, 0.05) is 25.8 Å². The lowest BCUT2D eigenvalue weighted by Crippen LogP contribution is -2.40. The molecule has 1 aromatic heterocycles. The Hall–Kier alpha value is -2.22. The molecule has 1 fully saturated rings. The van der Waals surface area contributed by atoms with Gasteiger partial charge < -0.3 is 4.74 Å². The van der Waals surface area contributed by atoms with Gasteiger partial charge >= 0.3 is 0 Å². The summed E-state index contributed by atoms with van der Waals surface area (Å²) in [5.41, 5.74) is 1.12. The molecule has 1 aliphatic rings. The van der Waals surface area contributed by atoms with E-state index in [0.717, 1.165) is 50.5 Å². The van der Waals surface area contributed by atoms with Crippen LogP contribution >= 0.6 is 0 Å². The first-order valence-corrected chi connectivity index (χ1v) is 8.03. The monoisotopic (exact) mass is 307 g/mol. The van der Waals surface area contributed by atoms with Crippen LogP contribution in [0.3, 0.4) is 0 Å². The van der Waals surface area contributed by atoms with Crippen LogP contribution < -0.4 is 0 Å². The summed E-state index contributed by atoms with van der Waals surface area (Å²) in [5.74, 6) is 0. The second kappa shape index (κ2) is 7.36. The van der Waals surface area contributed by atoms with Crippen LogP contribution in [0.25, 0.3) is 0 Å². The third-order valence-corrected chi connectivity index (χ3v) is 4.47. The number of benzene rings is 1. The third-order valence-electron chi connectivity index (χ3n) is 4.47.